The summed E-state index contributed by atoms with van der Waals surface area (Å²) in [6.07, 6.45) is 2.73. The fourth-order valence-electron chi connectivity index (χ4n) is 1.61. The van der Waals surface area contributed by atoms with Crippen LogP contribution in [-0.2, 0) is 16.9 Å². The highest BCUT2D eigenvalue weighted by molar-refractivity contribution is 7.90. The van der Waals surface area contributed by atoms with Crippen LogP contribution in [0.25, 0.3) is 11.3 Å². The molecular formula is C11H12N2O2S. The molecule has 0 N–H and O–H groups in total. The highest BCUT2D eigenvalue weighted by atomic mass is 32.2. The minimum Gasteiger partial charge on any atom is -0.318 e. The normalized spacial score (nSPS) is 11.6. The highest BCUT2D eigenvalue weighted by Gasteiger charge is 2.16. The van der Waals surface area contributed by atoms with E-state index in [-0.39, 0.29) is 5.16 Å². The molecule has 0 unspecified atom stereocenters. The highest BCUT2D eigenvalue weighted by Crippen LogP contribution is 2.20. The third-order valence-corrected chi connectivity index (χ3v) is 3.39. The zero-order chi connectivity index (χ0) is 11.8. The Morgan fingerprint density at radius 2 is 1.81 bits per heavy atom. The van der Waals surface area contributed by atoms with Crippen LogP contribution in [0.4, 0.5) is 0 Å². The molecule has 1 aromatic carbocycles. The van der Waals surface area contributed by atoms with Crippen LogP contribution in [0.3, 0.4) is 0 Å². The number of hydrogen-bond donors (Lipinski definition) is 0. The molecule has 0 amide bonds. The third-order valence-electron chi connectivity index (χ3n) is 2.35. The van der Waals surface area contributed by atoms with E-state index in [0.717, 1.165) is 17.5 Å². The summed E-state index contributed by atoms with van der Waals surface area (Å²) in [6.45, 7) is 0. The molecule has 2 aromatic rings. The summed E-state index contributed by atoms with van der Waals surface area (Å²) in [7, 11) is -1.57. The zero-order valence-electron chi connectivity index (χ0n) is 9.08. The topological polar surface area (TPSA) is 52.0 Å². The first-order valence-corrected chi connectivity index (χ1v) is 6.66. The lowest BCUT2D eigenvalue weighted by Gasteiger charge is -2.04. The quantitative estimate of drug-likeness (QED) is 0.793. The van der Waals surface area contributed by atoms with E-state index in [4.69, 9.17) is 0 Å². The number of imidazole rings is 1. The van der Waals surface area contributed by atoms with Crippen molar-refractivity contribution >= 4 is 9.84 Å². The van der Waals surface area contributed by atoms with Gasteiger partial charge in [0.1, 0.15) is 0 Å². The van der Waals surface area contributed by atoms with Crippen molar-refractivity contribution in [1.82, 2.24) is 9.55 Å². The van der Waals surface area contributed by atoms with Gasteiger partial charge >= 0.3 is 0 Å². The number of nitrogens with zero attached hydrogens (tertiary/aromatic N) is 2. The number of hydrogen-bond acceptors (Lipinski definition) is 3. The molecule has 1 heterocycles. The Bertz CT molecular complexity index is 600. The van der Waals surface area contributed by atoms with Crippen molar-refractivity contribution in [3.8, 4) is 11.3 Å². The molecule has 1 aromatic heterocycles. The van der Waals surface area contributed by atoms with Gasteiger partial charge in [0, 0.05) is 13.3 Å². The van der Waals surface area contributed by atoms with Crippen LogP contribution >= 0.6 is 0 Å². The number of aromatic nitrogens is 2. The summed E-state index contributed by atoms with van der Waals surface area (Å²) in [6, 6.07) is 9.56. The standard InChI is InChI=1S/C11H12N2O2S/c1-13-10(9-6-4-3-5-7-9)8-12-11(13)16(2,14)15/h3-8H,1-2H3. The van der Waals surface area contributed by atoms with Crippen molar-refractivity contribution in [2.24, 2.45) is 7.05 Å². The number of rotatable bonds is 2. The van der Waals surface area contributed by atoms with Crippen molar-refractivity contribution < 1.29 is 8.42 Å². The Balaban J connectivity index is 2.59. The van der Waals surface area contributed by atoms with E-state index >= 15 is 0 Å². The SMILES string of the molecule is Cn1c(-c2ccccc2)cnc1S(C)(=O)=O. The van der Waals surface area contributed by atoms with Gasteiger partial charge in [-0.15, -0.1) is 0 Å². The third kappa shape index (κ3) is 1.86. The maximum atomic E-state index is 11.4. The molecule has 0 aliphatic carbocycles. The predicted molar refractivity (Wildman–Crippen MR) is 61.8 cm³/mol. The van der Waals surface area contributed by atoms with Crippen molar-refractivity contribution in [1.29, 1.82) is 0 Å². The molecule has 16 heavy (non-hydrogen) atoms. The fourth-order valence-corrected chi connectivity index (χ4v) is 2.45. The summed E-state index contributed by atoms with van der Waals surface area (Å²) in [5.41, 5.74) is 1.74. The molecule has 4 nitrogen and oxygen atoms in total. The predicted octanol–water partition coefficient (Wildman–Crippen LogP) is 1.49. The molecule has 0 atom stereocenters. The molecule has 0 aliphatic heterocycles. The van der Waals surface area contributed by atoms with Crippen molar-refractivity contribution in [3.05, 3.63) is 36.5 Å². The minimum absolute atomic E-state index is 0.0892. The van der Waals surface area contributed by atoms with Gasteiger partial charge in [-0.25, -0.2) is 13.4 Å². The second kappa shape index (κ2) is 3.75. The lowest BCUT2D eigenvalue weighted by atomic mass is 10.2. The lowest BCUT2D eigenvalue weighted by Crippen LogP contribution is -2.06. The maximum Gasteiger partial charge on any atom is 0.227 e. The Morgan fingerprint density at radius 3 is 2.31 bits per heavy atom. The van der Waals surface area contributed by atoms with Gasteiger partial charge in [-0.1, -0.05) is 30.3 Å². The van der Waals surface area contributed by atoms with E-state index in [0.29, 0.717) is 0 Å². The smallest absolute Gasteiger partial charge is 0.227 e. The van der Waals surface area contributed by atoms with Crippen molar-refractivity contribution in [2.45, 2.75) is 5.16 Å². The van der Waals surface area contributed by atoms with E-state index in [9.17, 15) is 8.42 Å². The largest absolute Gasteiger partial charge is 0.318 e. The van der Waals surface area contributed by atoms with E-state index in [1.165, 1.54) is 0 Å². The molecule has 0 bridgehead atoms. The first-order chi connectivity index (χ1) is 7.50. The van der Waals surface area contributed by atoms with E-state index in [1.54, 1.807) is 17.8 Å². The molecule has 0 fully saturated rings. The number of sulfone groups is 1. The minimum atomic E-state index is -3.27. The monoisotopic (exact) mass is 236 g/mol. The fraction of sp³-hybridized carbons (Fsp3) is 0.182. The molecular weight excluding hydrogens is 224 g/mol. The molecule has 0 spiro atoms. The molecule has 84 valence electrons. The zero-order valence-corrected chi connectivity index (χ0v) is 9.90. The Hall–Kier alpha value is -1.62. The second-order valence-electron chi connectivity index (χ2n) is 3.62. The molecule has 0 aliphatic rings. The van der Waals surface area contributed by atoms with Crippen LogP contribution in [-0.4, -0.2) is 24.2 Å². The molecule has 2 rings (SSSR count). The first-order valence-electron chi connectivity index (χ1n) is 4.77. The van der Waals surface area contributed by atoms with Gasteiger partial charge in [0.05, 0.1) is 11.9 Å². The Labute approximate surface area is 94.5 Å². The average Bonchev–Trinajstić information content (AvgIpc) is 2.61. The maximum absolute atomic E-state index is 11.4. The van der Waals surface area contributed by atoms with Crippen LogP contribution in [0.2, 0.25) is 0 Å². The van der Waals surface area contributed by atoms with Crippen LogP contribution in [0.15, 0.2) is 41.7 Å². The van der Waals surface area contributed by atoms with Gasteiger partial charge in [-0.2, -0.15) is 0 Å². The summed E-state index contributed by atoms with van der Waals surface area (Å²) in [5, 5.41) is 0.0892. The van der Waals surface area contributed by atoms with Gasteiger partial charge < -0.3 is 4.57 Å². The summed E-state index contributed by atoms with van der Waals surface area (Å²) in [4.78, 5) is 3.94. The summed E-state index contributed by atoms with van der Waals surface area (Å²) in [5.74, 6) is 0. The molecule has 5 heteroatoms. The van der Waals surface area contributed by atoms with Gasteiger partial charge in [0.2, 0.25) is 15.0 Å². The van der Waals surface area contributed by atoms with Crippen LogP contribution in [0.5, 0.6) is 0 Å². The van der Waals surface area contributed by atoms with Crippen molar-refractivity contribution in [2.75, 3.05) is 6.26 Å². The average molecular weight is 236 g/mol. The number of benzene rings is 1. The Kier molecular flexibility index (Phi) is 2.55. The molecule has 0 saturated heterocycles. The van der Waals surface area contributed by atoms with Crippen LogP contribution in [0.1, 0.15) is 0 Å². The summed E-state index contributed by atoms with van der Waals surface area (Å²) < 4.78 is 24.4. The van der Waals surface area contributed by atoms with Gasteiger partial charge in [-0.05, 0) is 5.56 Å². The van der Waals surface area contributed by atoms with Crippen LogP contribution in [0, 0.1) is 0 Å². The first kappa shape index (κ1) is 10.9. The van der Waals surface area contributed by atoms with E-state index < -0.39 is 9.84 Å². The van der Waals surface area contributed by atoms with Crippen molar-refractivity contribution in [3.63, 3.8) is 0 Å². The molecule has 0 saturated carbocycles. The van der Waals surface area contributed by atoms with Crippen LogP contribution < -0.4 is 0 Å². The van der Waals surface area contributed by atoms with Gasteiger partial charge in [0.25, 0.3) is 0 Å². The van der Waals surface area contributed by atoms with Gasteiger partial charge in [-0.3, -0.25) is 0 Å². The van der Waals surface area contributed by atoms with E-state index in [1.807, 2.05) is 30.3 Å². The lowest BCUT2D eigenvalue weighted by molar-refractivity contribution is 0.585. The Morgan fingerprint density at radius 1 is 1.19 bits per heavy atom. The van der Waals surface area contributed by atoms with E-state index in [2.05, 4.69) is 4.98 Å². The van der Waals surface area contributed by atoms with Gasteiger partial charge in [0.15, 0.2) is 0 Å². The molecule has 0 radical (unpaired) electrons. The second-order valence-corrected chi connectivity index (χ2v) is 5.53. The summed E-state index contributed by atoms with van der Waals surface area (Å²) >= 11 is 0.